The maximum absolute atomic E-state index is 14.0. The molecule has 1 aromatic carbocycles. The minimum absolute atomic E-state index is 0. The largest absolute Gasteiger partial charge is 0.339 e. The molecule has 1 N–H and O–H groups in total. The molecule has 1 aromatic heterocycles. The summed E-state index contributed by atoms with van der Waals surface area (Å²) in [4.78, 5) is 25.9. The number of carbonyl (C=O) groups excluding carboxylic acids is 1. The molecule has 1 amide bonds. The molecule has 0 aliphatic heterocycles. The van der Waals surface area contributed by atoms with Crippen LogP contribution in [0, 0.1) is 12.7 Å². The van der Waals surface area contributed by atoms with Crippen molar-refractivity contribution >= 4 is 18.3 Å². The highest BCUT2D eigenvalue weighted by molar-refractivity contribution is 5.91. The van der Waals surface area contributed by atoms with Gasteiger partial charge in [0.1, 0.15) is 11.5 Å². The number of hydrogen-bond acceptors (Lipinski definition) is 4. The van der Waals surface area contributed by atoms with Crippen LogP contribution in [0.3, 0.4) is 0 Å². The molecule has 0 saturated heterocycles. The molecular weight excluding hydrogens is 335 g/mol. The standard InChI is InChI=1S/C16H19FN4O2.ClH/c1-11-10-14(22)15(16(23)20(3)9-8-18-2)19-21(11)13-7-5-4-6-12(13)17;/h4-7,10,18H,8-9H2,1-3H3;1H. The van der Waals surface area contributed by atoms with Gasteiger partial charge in [0.2, 0.25) is 5.43 Å². The molecule has 0 radical (unpaired) electrons. The van der Waals surface area contributed by atoms with Gasteiger partial charge in [0, 0.05) is 31.9 Å². The third-order valence-corrected chi connectivity index (χ3v) is 3.43. The molecule has 0 spiro atoms. The number of aryl methyl sites for hydroxylation is 1. The van der Waals surface area contributed by atoms with Gasteiger partial charge in [-0.3, -0.25) is 9.59 Å². The molecule has 2 aromatic rings. The summed E-state index contributed by atoms with van der Waals surface area (Å²) in [5.74, 6) is -0.968. The summed E-state index contributed by atoms with van der Waals surface area (Å²) in [5, 5.41) is 7.01. The summed E-state index contributed by atoms with van der Waals surface area (Å²) in [5.41, 5.74) is -0.0553. The van der Waals surface area contributed by atoms with Gasteiger partial charge in [-0.2, -0.15) is 5.10 Å². The summed E-state index contributed by atoms with van der Waals surface area (Å²) in [6.45, 7) is 2.67. The van der Waals surface area contributed by atoms with Gasteiger partial charge in [-0.1, -0.05) is 12.1 Å². The van der Waals surface area contributed by atoms with Crippen molar-refractivity contribution in [3.05, 3.63) is 57.8 Å². The van der Waals surface area contributed by atoms with E-state index >= 15 is 0 Å². The van der Waals surface area contributed by atoms with E-state index in [0.29, 0.717) is 18.8 Å². The normalized spacial score (nSPS) is 10.2. The Bertz CT molecular complexity index is 779. The second kappa shape index (κ2) is 8.56. The SMILES string of the molecule is CNCCN(C)C(=O)c1nn(-c2ccccc2F)c(C)cc1=O.Cl. The number of nitrogens with zero attached hydrogens (tertiary/aromatic N) is 3. The van der Waals surface area contributed by atoms with Crippen LogP contribution in [0.25, 0.3) is 5.69 Å². The molecule has 6 nitrogen and oxygen atoms in total. The molecule has 0 unspecified atom stereocenters. The van der Waals surface area contributed by atoms with E-state index < -0.39 is 17.2 Å². The Morgan fingerprint density at radius 1 is 1.38 bits per heavy atom. The van der Waals surface area contributed by atoms with Gasteiger partial charge in [0.15, 0.2) is 5.69 Å². The van der Waals surface area contributed by atoms with Crippen molar-refractivity contribution < 1.29 is 9.18 Å². The maximum atomic E-state index is 14.0. The van der Waals surface area contributed by atoms with Crippen LogP contribution in [0.15, 0.2) is 35.1 Å². The molecule has 0 atom stereocenters. The van der Waals surface area contributed by atoms with Crippen molar-refractivity contribution in [3.8, 4) is 5.69 Å². The fraction of sp³-hybridized carbons (Fsp3) is 0.312. The minimum Gasteiger partial charge on any atom is -0.339 e. The highest BCUT2D eigenvalue weighted by Crippen LogP contribution is 2.13. The molecular formula is C16H20ClFN4O2. The Morgan fingerprint density at radius 3 is 2.67 bits per heavy atom. The molecule has 0 fully saturated rings. The Balaban J connectivity index is 0.00000288. The van der Waals surface area contributed by atoms with Crippen molar-refractivity contribution in [2.24, 2.45) is 0 Å². The zero-order chi connectivity index (χ0) is 17.0. The first kappa shape index (κ1) is 19.8. The lowest BCUT2D eigenvalue weighted by atomic mass is 10.2. The van der Waals surface area contributed by atoms with Gasteiger partial charge in [-0.05, 0) is 26.1 Å². The van der Waals surface area contributed by atoms with Gasteiger partial charge in [-0.15, -0.1) is 12.4 Å². The van der Waals surface area contributed by atoms with E-state index in [4.69, 9.17) is 0 Å². The van der Waals surface area contributed by atoms with Crippen molar-refractivity contribution in [1.82, 2.24) is 20.0 Å². The number of rotatable bonds is 5. The molecule has 0 bridgehead atoms. The summed E-state index contributed by atoms with van der Waals surface area (Å²) >= 11 is 0. The van der Waals surface area contributed by atoms with E-state index in [1.807, 2.05) is 0 Å². The molecule has 1 heterocycles. The monoisotopic (exact) mass is 354 g/mol. The van der Waals surface area contributed by atoms with Gasteiger partial charge in [0.25, 0.3) is 5.91 Å². The Kier molecular flexibility index (Phi) is 7.06. The second-order valence-electron chi connectivity index (χ2n) is 5.19. The third-order valence-electron chi connectivity index (χ3n) is 3.43. The first-order valence-electron chi connectivity index (χ1n) is 7.21. The van der Waals surface area contributed by atoms with Crippen LogP contribution in [-0.4, -0.2) is 47.8 Å². The third kappa shape index (κ3) is 4.18. The lowest BCUT2D eigenvalue weighted by Gasteiger charge is -2.17. The van der Waals surface area contributed by atoms with Crippen molar-refractivity contribution in [1.29, 1.82) is 0 Å². The lowest BCUT2D eigenvalue weighted by Crippen LogP contribution is -2.37. The molecule has 2 rings (SSSR count). The number of carbonyl (C=O) groups is 1. The van der Waals surface area contributed by atoms with Gasteiger partial charge in [-0.25, -0.2) is 9.07 Å². The Labute approximate surface area is 145 Å². The topological polar surface area (TPSA) is 67.2 Å². The summed E-state index contributed by atoms with van der Waals surface area (Å²) in [6.07, 6.45) is 0. The smallest absolute Gasteiger partial charge is 0.278 e. The van der Waals surface area contributed by atoms with Crippen LogP contribution in [0.5, 0.6) is 0 Å². The first-order valence-corrected chi connectivity index (χ1v) is 7.21. The summed E-state index contributed by atoms with van der Waals surface area (Å²) < 4.78 is 15.2. The summed E-state index contributed by atoms with van der Waals surface area (Å²) in [6, 6.07) is 7.36. The van der Waals surface area contributed by atoms with E-state index in [2.05, 4.69) is 10.4 Å². The van der Waals surface area contributed by atoms with Crippen molar-refractivity contribution in [2.45, 2.75) is 6.92 Å². The lowest BCUT2D eigenvalue weighted by molar-refractivity contribution is 0.0787. The Hall–Kier alpha value is -2.25. The molecule has 0 aliphatic carbocycles. The van der Waals surface area contributed by atoms with Crippen molar-refractivity contribution in [3.63, 3.8) is 0 Å². The van der Waals surface area contributed by atoms with E-state index in [1.165, 1.54) is 21.7 Å². The van der Waals surface area contributed by atoms with E-state index in [1.54, 1.807) is 39.2 Å². The predicted molar refractivity (Wildman–Crippen MR) is 92.7 cm³/mol. The average Bonchev–Trinajstić information content (AvgIpc) is 2.53. The average molecular weight is 355 g/mol. The number of aromatic nitrogens is 2. The van der Waals surface area contributed by atoms with Gasteiger partial charge in [0.05, 0.1) is 0 Å². The van der Waals surface area contributed by atoms with Crippen LogP contribution >= 0.6 is 12.4 Å². The second-order valence-corrected chi connectivity index (χ2v) is 5.19. The number of amides is 1. The first-order chi connectivity index (χ1) is 11.0. The highest BCUT2D eigenvalue weighted by Gasteiger charge is 2.19. The van der Waals surface area contributed by atoms with Crippen LogP contribution in [-0.2, 0) is 0 Å². The number of para-hydroxylation sites is 1. The maximum Gasteiger partial charge on any atom is 0.278 e. The van der Waals surface area contributed by atoms with Crippen LogP contribution in [0.4, 0.5) is 4.39 Å². The fourth-order valence-corrected chi connectivity index (χ4v) is 2.12. The van der Waals surface area contributed by atoms with Gasteiger partial charge < -0.3 is 10.2 Å². The van der Waals surface area contributed by atoms with Crippen LogP contribution in [0.2, 0.25) is 0 Å². The molecule has 8 heteroatoms. The molecule has 0 aliphatic rings. The van der Waals surface area contributed by atoms with Crippen LogP contribution < -0.4 is 10.7 Å². The number of likely N-dealkylation sites (N-methyl/N-ethyl adjacent to an activating group) is 2. The van der Waals surface area contributed by atoms with Gasteiger partial charge >= 0.3 is 0 Å². The number of benzene rings is 1. The molecule has 0 saturated carbocycles. The van der Waals surface area contributed by atoms with Crippen molar-refractivity contribution in [2.75, 3.05) is 27.2 Å². The Morgan fingerprint density at radius 2 is 2.04 bits per heavy atom. The minimum atomic E-state index is -0.490. The van der Waals surface area contributed by atoms with E-state index in [9.17, 15) is 14.0 Å². The zero-order valence-electron chi connectivity index (χ0n) is 13.7. The molecule has 130 valence electrons. The quantitative estimate of drug-likeness (QED) is 0.881. The number of hydrogen-bond donors (Lipinski definition) is 1. The van der Waals surface area contributed by atoms with E-state index in [0.717, 1.165) is 0 Å². The highest BCUT2D eigenvalue weighted by atomic mass is 35.5. The number of halogens is 2. The van der Waals surface area contributed by atoms with Crippen LogP contribution in [0.1, 0.15) is 16.2 Å². The zero-order valence-corrected chi connectivity index (χ0v) is 14.6. The predicted octanol–water partition coefficient (Wildman–Crippen LogP) is 1.39. The number of nitrogens with one attached hydrogen (secondary N) is 1. The summed E-state index contributed by atoms with van der Waals surface area (Å²) in [7, 11) is 3.36. The fourth-order valence-electron chi connectivity index (χ4n) is 2.12. The molecule has 24 heavy (non-hydrogen) atoms. The van der Waals surface area contributed by atoms with E-state index in [-0.39, 0.29) is 23.8 Å².